The van der Waals surface area contributed by atoms with Crippen molar-refractivity contribution in [3.63, 3.8) is 0 Å². The third-order valence-corrected chi connectivity index (χ3v) is 4.47. The first-order valence-corrected chi connectivity index (χ1v) is 8.57. The summed E-state index contributed by atoms with van der Waals surface area (Å²) in [5, 5.41) is 13.7. The van der Waals surface area contributed by atoms with Crippen molar-refractivity contribution >= 4 is 49.9 Å². The Bertz CT molecular complexity index is 1050. The number of nitrogens with one attached hydrogen (secondary N) is 1. The van der Waals surface area contributed by atoms with Crippen molar-refractivity contribution in [1.82, 2.24) is 4.98 Å². The van der Waals surface area contributed by atoms with Crippen molar-refractivity contribution in [2.45, 2.75) is 13.0 Å². The molecule has 0 spiro atoms. The number of hydrogen-bond acceptors (Lipinski definition) is 8. The van der Waals surface area contributed by atoms with Crippen LogP contribution in [0.1, 0.15) is 17.3 Å². The number of carbonyl (C=O) groups excluding carboxylic acids is 2. The van der Waals surface area contributed by atoms with Gasteiger partial charge in [-0.3, -0.25) is 14.9 Å². The lowest BCUT2D eigenvalue weighted by atomic mass is 10.2. The fourth-order valence-corrected chi connectivity index (χ4v) is 3.07. The van der Waals surface area contributed by atoms with Gasteiger partial charge in [-0.2, -0.15) is 0 Å². The molecule has 3 rings (SSSR count). The molecule has 3 N–H and O–H groups in total. The van der Waals surface area contributed by atoms with E-state index >= 15 is 0 Å². The average Bonchev–Trinajstić information content (AvgIpc) is 3.00. The number of nitrogens with zero attached hydrogens (tertiary/aromatic N) is 2. The number of nitro groups is 1. The Morgan fingerprint density at radius 1 is 1.30 bits per heavy atom. The number of esters is 1. The largest absolute Gasteiger partial charge is 0.449 e. The number of carbonyl (C=O) groups is 2. The maximum atomic E-state index is 12.3. The number of nitrogens with two attached hydrogens (primary N) is 1. The molecule has 9 nitrogen and oxygen atoms in total. The highest BCUT2D eigenvalue weighted by Crippen LogP contribution is 2.25. The third kappa shape index (κ3) is 4.18. The second-order valence-electron chi connectivity index (χ2n) is 5.58. The highest BCUT2D eigenvalue weighted by molar-refractivity contribution is 7.22. The fourth-order valence-electron chi connectivity index (χ4n) is 2.29. The predicted molar refractivity (Wildman–Crippen MR) is 101 cm³/mol. The summed E-state index contributed by atoms with van der Waals surface area (Å²) in [6, 6.07) is 10.2. The molecule has 2 aromatic carbocycles. The Labute approximate surface area is 156 Å². The SMILES string of the molecule is CC(OC(=O)c1ccc2nc(N)sc2c1)C(=O)Nc1cccc([N+](=O)[O-])c1. The lowest BCUT2D eigenvalue weighted by Crippen LogP contribution is -2.30. The van der Waals surface area contributed by atoms with Crippen molar-refractivity contribution in [3.8, 4) is 0 Å². The highest BCUT2D eigenvalue weighted by Gasteiger charge is 2.20. The summed E-state index contributed by atoms with van der Waals surface area (Å²) in [5.74, 6) is -1.28. The van der Waals surface area contributed by atoms with Gasteiger partial charge in [-0.15, -0.1) is 0 Å². The molecule has 1 unspecified atom stereocenters. The molecule has 1 heterocycles. The predicted octanol–water partition coefficient (Wildman–Crippen LogP) is 2.97. The molecule has 10 heteroatoms. The normalized spacial score (nSPS) is 11.7. The summed E-state index contributed by atoms with van der Waals surface area (Å²) >= 11 is 1.24. The van der Waals surface area contributed by atoms with Crippen LogP contribution in [0.15, 0.2) is 42.5 Å². The summed E-state index contributed by atoms with van der Waals surface area (Å²) in [4.78, 5) is 38.8. The number of fused-ring (bicyclic) bond motifs is 1. The van der Waals surface area contributed by atoms with Gasteiger partial charge in [0.25, 0.3) is 11.6 Å². The van der Waals surface area contributed by atoms with E-state index in [-0.39, 0.29) is 16.9 Å². The molecular formula is C17H14N4O5S. The number of nitrogen functional groups attached to an aromatic ring is 1. The number of non-ortho nitro benzene ring substituents is 1. The smallest absolute Gasteiger partial charge is 0.338 e. The van der Waals surface area contributed by atoms with Gasteiger partial charge < -0.3 is 15.8 Å². The zero-order chi connectivity index (χ0) is 19.6. The fraction of sp³-hybridized carbons (Fsp3) is 0.118. The number of ether oxygens (including phenoxy) is 1. The summed E-state index contributed by atoms with van der Waals surface area (Å²) < 4.78 is 5.90. The molecule has 27 heavy (non-hydrogen) atoms. The lowest BCUT2D eigenvalue weighted by Gasteiger charge is -2.13. The summed E-state index contributed by atoms with van der Waals surface area (Å²) in [6.07, 6.45) is -1.10. The highest BCUT2D eigenvalue weighted by atomic mass is 32.1. The zero-order valence-electron chi connectivity index (χ0n) is 14.0. The van der Waals surface area contributed by atoms with E-state index in [1.165, 1.54) is 48.6 Å². The zero-order valence-corrected chi connectivity index (χ0v) is 14.9. The van der Waals surface area contributed by atoms with E-state index in [1.807, 2.05) is 0 Å². The Morgan fingerprint density at radius 2 is 2.07 bits per heavy atom. The van der Waals surface area contributed by atoms with Crippen LogP contribution in [0.25, 0.3) is 10.2 Å². The van der Waals surface area contributed by atoms with Crippen molar-refractivity contribution in [3.05, 3.63) is 58.1 Å². The number of rotatable bonds is 5. The second kappa shape index (κ2) is 7.38. The first-order chi connectivity index (χ1) is 12.8. The van der Waals surface area contributed by atoms with Crippen molar-refractivity contribution < 1.29 is 19.2 Å². The van der Waals surface area contributed by atoms with Gasteiger partial charge in [-0.05, 0) is 31.2 Å². The number of amides is 1. The van der Waals surface area contributed by atoms with E-state index in [0.29, 0.717) is 10.6 Å². The van der Waals surface area contributed by atoms with Crippen LogP contribution in [0.3, 0.4) is 0 Å². The molecular weight excluding hydrogens is 372 g/mol. The number of benzene rings is 2. The number of thiazole rings is 1. The van der Waals surface area contributed by atoms with E-state index in [9.17, 15) is 19.7 Å². The standard InChI is InChI=1S/C17H14N4O5S/c1-9(15(22)19-11-3-2-4-12(8-11)21(24)25)26-16(23)10-5-6-13-14(7-10)27-17(18)20-13/h2-9H,1H3,(H2,18,20)(H,19,22). The molecule has 0 bridgehead atoms. The monoisotopic (exact) mass is 386 g/mol. The molecule has 0 radical (unpaired) electrons. The maximum absolute atomic E-state index is 12.3. The van der Waals surface area contributed by atoms with Gasteiger partial charge >= 0.3 is 5.97 Å². The first kappa shape index (κ1) is 18.3. The summed E-state index contributed by atoms with van der Waals surface area (Å²) in [5.41, 5.74) is 6.65. The maximum Gasteiger partial charge on any atom is 0.338 e. The minimum atomic E-state index is -1.10. The van der Waals surface area contributed by atoms with Crippen molar-refractivity contribution in [1.29, 1.82) is 0 Å². The van der Waals surface area contributed by atoms with Gasteiger partial charge in [-0.1, -0.05) is 17.4 Å². The molecule has 3 aromatic rings. The second-order valence-corrected chi connectivity index (χ2v) is 6.64. The minimum absolute atomic E-state index is 0.158. The van der Waals surface area contributed by atoms with Gasteiger partial charge in [0.05, 0.1) is 20.7 Å². The van der Waals surface area contributed by atoms with Gasteiger partial charge in [-0.25, -0.2) is 9.78 Å². The van der Waals surface area contributed by atoms with Gasteiger partial charge in [0.15, 0.2) is 11.2 Å². The van der Waals surface area contributed by atoms with Crippen LogP contribution >= 0.6 is 11.3 Å². The van der Waals surface area contributed by atoms with Crippen LogP contribution < -0.4 is 11.1 Å². The van der Waals surface area contributed by atoms with Gasteiger partial charge in [0.2, 0.25) is 0 Å². The summed E-state index contributed by atoms with van der Waals surface area (Å²) in [7, 11) is 0. The lowest BCUT2D eigenvalue weighted by molar-refractivity contribution is -0.384. The van der Waals surface area contributed by atoms with E-state index in [4.69, 9.17) is 10.5 Å². The molecule has 0 fully saturated rings. The molecule has 0 aliphatic rings. The minimum Gasteiger partial charge on any atom is -0.449 e. The number of hydrogen-bond donors (Lipinski definition) is 2. The van der Waals surface area contributed by atoms with E-state index < -0.39 is 22.9 Å². The Hall–Kier alpha value is -3.53. The Kier molecular flexibility index (Phi) is 4.99. The quantitative estimate of drug-likeness (QED) is 0.390. The Morgan fingerprint density at radius 3 is 2.81 bits per heavy atom. The van der Waals surface area contributed by atoms with Gasteiger partial charge in [0.1, 0.15) is 0 Å². The first-order valence-electron chi connectivity index (χ1n) is 7.76. The molecule has 0 aliphatic heterocycles. The van der Waals surface area contributed by atoms with Gasteiger partial charge in [0, 0.05) is 17.8 Å². The third-order valence-electron chi connectivity index (χ3n) is 3.62. The van der Waals surface area contributed by atoms with Crippen LogP contribution in [0, 0.1) is 10.1 Å². The Balaban J connectivity index is 1.67. The van der Waals surface area contributed by atoms with Crippen LogP contribution in [0.2, 0.25) is 0 Å². The molecule has 0 saturated carbocycles. The topological polar surface area (TPSA) is 137 Å². The van der Waals surface area contributed by atoms with Crippen LogP contribution in [0.5, 0.6) is 0 Å². The molecule has 1 amide bonds. The van der Waals surface area contributed by atoms with Crippen LogP contribution in [-0.4, -0.2) is 27.9 Å². The molecule has 0 aliphatic carbocycles. The van der Waals surface area contributed by atoms with Crippen LogP contribution in [0.4, 0.5) is 16.5 Å². The molecule has 138 valence electrons. The summed E-state index contributed by atoms with van der Waals surface area (Å²) in [6.45, 7) is 1.41. The molecule has 0 saturated heterocycles. The molecule has 1 aromatic heterocycles. The number of anilines is 2. The average molecular weight is 386 g/mol. The van der Waals surface area contributed by atoms with E-state index in [2.05, 4.69) is 10.3 Å². The van der Waals surface area contributed by atoms with Crippen molar-refractivity contribution in [2.75, 3.05) is 11.1 Å². The van der Waals surface area contributed by atoms with E-state index in [0.717, 1.165) is 4.70 Å². The molecule has 1 atom stereocenters. The number of nitro benzene ring substituents is 1. The number of aromatic nitrogens is 1. The van der Waals surface area contributed by atoms with Crippen LogP contribution in [-0.2, 0) is 9.53 Å². The van der Waals surface area contributed by atoms with Crippen molar-refractivity contribution in [2.24, 2.45) is 0 Å². The van der Waals surface area contributed by atoms with E-state index in [1.54, 1.807) is 12.1 Å².